The van der Waals surface area contributed by atoms with E-state index in [4.69, 9.17) is 10.1 Å². The SMILES string of the molecule is CCCCCn1nc(CCC(C)C)nc1Cc1ccc(-c2ccccc2C(=O)O)cc1. The average Bonchev–Trinajstić information content (AvgIpc) is 3.14. The van der Waals surface area contributed by atoms with Crippen LogP contribution in [-0.2, 0) is 19.4 Å². The minimum Gasteiger partial charge on any atom is -0.478 e. The Morgan fingerprint density at radius 2 is 1.81 bits per heavy atom. The van der Waals surface area contributed by atoms with Crippen LogP contribution in [0.15, 0.2) is 48.5 Å². The molecule has 5 heteroatoms. The number of aryl methyl sites for hydroxylation is 2. The number of hydrogen-bond donors (Lipinski definition) is 1. The van der Waals surface area contributed by atoms with Gasteiger partial charge in [-0.1, -0.05) is 76.1 Å². The zero-order valence-corrected chi connectivity index (χ0v) is 18.8. The monoisotopic (exact) mass is 419 g/mol. The van der Waals surface area contributed by atoms with E-state index in [0.29, 0.717) is 11.5 Å². The van der Waals surface area contributed by atoms with Crippen molar-refractivity contribution in [3.8, 4) is 11.1 Å². The zero-order valence-electron chi connectivity index (χ0n) is 18.8. The summed E-state index contributed by atoms with van der Waals surface area (Å²) in [6.07, 6.45) is 6.22. The first-order chi connectivity index (χ1) is 15.0. The smallest absolute Gasteiger partial charge is 0.336 e. The van der Waals surface area contributed by atoms with E-state index in [1.54, 1.807) is 12.1 Å². The third kappa shape index (κ3) is 6.27. The fourth-order valence-corrected chi connectivity index (χ4v) is 3.68. The molecule has 5 nitrogen and oxygen atoms in total. The van der Waals surface area contributed by atoms with Gasteiger partial charge in [-0.25, -0.2) is 14.5 Å². The van der Waals surface area contributed by atoms with Crippen LogP contribution in [0.25, 0.3) is 11.1 Å². The van der Waals surface area contributed by atoms with Gasteiger partial charge >= 0.3 is 5.97 Å². The Morgan fingerprint density at radius 3 is 2.48 bits per heavy atom. The Hall–Kier alpha value is -2.95. The van der Waals surface area contributed by atoms with Crippen LogP contribution in [0, 0.1) is 5.92 Å². The van der Waals surface area contributed by atoms with Crippen molar-refractivity contribution in [3.63, 3.8) is 0 Å². The van der Waals surface area contributed by atoms with Crippen molar-refractivity contribution in [1.29, 1.82) is 0 Å². The molecule has 1 N–H and O–H groups in total. The lowest BCUT2D eigenvalue weighted by atomic mass is 9.98. The normalized spacial score (nSPS) is 11.2. The maximum Gasteiger partial charge on any atom is 0.336 e. The van der Waals surface area contributed by atoms with E-state index >= 15 is 0 Å². The van der Waals surface area contributed by atoms with Crippen molar-refractivity contribution in [2.75, 3.05) is 0 Å². The van der Waals surface area contributed by atoms with Crippen LogP contribution in [0.2, 0.25) is 0 Å². The Bertz CT molecular complexity index is 990. The van der Waals surface area contributed by atoms with Crippen LogP contribution in [0.4, 0.5) is 0 Å². The Kier molecular flexibility index (Phi) is 7.99. The van der Waals surface area contributed by atoms with Gasteiger partial charge in [0.15, 0.2) is 5.82 Å². The molecule has 2 aromatic carbocycles. The number of carboxylic acid groups (broad SMARTS) is 1. The van der Waals surface area contributed by atoms with Gasteiger partial charge in [-0.3, -0.25) is 0 Å². The average molecular weight is 420 g/mol. The van der Waals surface area contributed by atoms with Gasteiger partial charge in [0, 0.05) is 19.4 Å². The van der Waals surface area contributed by atoms with E-state index in [1.165, 1.54) is 12.8 Å². The number of rotatable bonds is 11. The molecule has 0 radical (unpaired) electrons. The predicted octanol–water partition coefficient (Wildman–Crippen LogP) is 6.01. The van der Waals surface area contributed by atoms with Crippen LogP contribution < -0.4 is 0 Å². The molecule has 0 aliphatic carbocycles. The number of nitrogens with zero attached hydrogens (tertiary/aromatic N) is 3. The van der Waals surface area contributed by atoms with Crippen LogP contribution in [-0.4, -0.2) is 25.8 Å². The molecule has 0 unspecified atom stereocenters. The second-order valence-corrected chi connectivity index (χ2v) is 8.53. The molecule has 0 fully saturated rings. The highest BCUT2D eigenvalue weighted by atomic mass is 16.4. The second kappa shape index (κ2) is 10.9. The summed E-state index contributed by atoms with van der Waals surface area (Å²) >= 11 is 0. The minimum atomic E-state index is -0.909. The van der Waals surface area contributed by atoms with Crippen molar-refractivity contribution < 1.29 is 9.90 Å². The van der Waals surface area contributed by atoms with E-state index in [9.17, 15) is 9.90 Å². The summed E-state index contributed by atoms with van der Waals surface area (Å²) in [7, 11) is 0. The summed E-state index contributed by atoms with van der Waals surface area (Å²) in [5.74, 6) is 1.67. The fraction of sp³-hybridized carbons (Fsp3) is 0.423. The Labute approximate surface area is 185 Å². The summed E-state index contributed by atoms with van der Waals surface area (Å²) < 4.78 is 2.08. The molecule has 0 atom stereocenters. The van der Waals surface area contributed by atoms with Gasteiger partial charge in [0.05, 0.1) is 5.56 Å². The summed E-state index contributed by atoms with van der Waals surface area (Å²) in [5.41, 5.74) is 3.11. The van der Waals surface area contributed by atoms with E-state index in [-0.39, 0.29) is 0 Å². The molecule has 3 aromatic rings. The van der Waals surface area contributed by atoms with Crippen LogP contribution in [0.1, 0.15) is 74.0 Å². The third-order valence-corrected chi connectivity index (χ3v) is 5.50. The van der Waals surface area contributed by atoms with Gasteiger partial charge in [-0.15, -0.1) is 0 Å². The molecule has 0 aliphatic rings. The van der Waals surface area contributed by atoms with Gasteiger partial charge < -0.3 is 5.11 Å². The number of aromatic carboxylic acids is 1. The lowest BCUT2D eigenvalue weighted by Crippen LogP contribution is -2.07. The van der Waals surface area contributed by atoms with Gasteiger partial charge in [-0.2, -0.15) is 5.10 Å². The molecule has 3 rings (SSSR count). The fourth-order valence-electron chi connectivity index (χ4n) is 3.68. The number of benzene rings is 2. The number of carbonyl (C=O) groups is 1. The van der Waals surface area contributed by atoms with Crippen molar-refractivity contribution in [2.24, 2.45) is 5.92 Å². The molecule has 1 heterocycles. The first kappa shape index (κ1) is 22.7. The first-order valence-corrected chi connectivity index (χ1v) is 11.3. The predicted molar refractivity (Wildman–Crippen MR) is 124 cm³/mol. The molecule has 0 bridgehead atoms. The highest BCUT2D eigenvalue weighted by Gasteiger charge is 2.13. The van der Waals surface area contributed by atoms with Gasteiger partial charge in [0.1, 0.15) is 5.82 Å². The topological polar surface area (TPSA) is 68.0 Å². The second-order valence-electron chi connectivity index (χ2n) is 8.53. The van der Waals surface area contributed by atoms with Crippen LogP contribution in [0.5, 0.6) is 0 Å². The van der Waals surface area contributed by atoms with E-state index in [2.05, 4.69) is 37.6 Å². The van der Waals surface area contributed by atoms with E-state index in [1.807, 2.05) is 24.3 Å². The summed E-state index contributed by atoms with van der Waals surface area (Å²) in [5, 5.41) is 14.2. The number of aromatic nitrogens is 3. The van der Waals surface area contributed by atoms with Gasteiger partial charge in [0.25, 0.3) is 0 Å². The highest BCUT2D eigenvalue weighted by molar-refractivity contribution is 5.95. The van der Waals surface area contributed by atoms with E-state index in [0.717, 1.165) is 60.6 Å². The molecule has 0 saturated carbocycles. The number of carboxylic acids is 1. The molecular formula is C26H33N3O2. The van der Waals surface area contributed by atoms with Crippen LogP contribution >= 0.6 is 0 Å². The van der Waals surface area contributed by atoms with Crippen molar-refractivity contribution in [1.82, 2.24) is 14.8 Å². The van der Waals surface area contributed by atoms with E-state index < -0.39 is 5.97 Å². The maximum atomic E-state index is 11.5. The highest BCUT2D eigenvalue weighted by Crippen LogP contribution is 2.25. The molecule has 0 saturated heterocycles. The summed E-state index contributed by atoms with van der Waals surface area (Å²) in [6, 6.07) is 15.2. The molecular weight excluding hydrogens is 386 g/mol. The Morgan fingerprint density at radius 1 is 1.06 bits per heavy atom. The number of unbranched alkanes of at least 4 members (excludes halogenated alkanes) is 2. The first-order valence-electron chi connectivity index (χ1n) is 11.3. The quantitative estimate of drug-likeness (QED) is 0.386. The summed E-state index contributed by atoms with van der Waals surface area (Å²) in [4.78, 5) is 16.4. The molecule has 1 aromatic heterocycles. The van der Waals surface area contributed by atoms with Gasteiger partial charge in [0.2, 0.25) is 0 Å². The molecule has 164 valence electrons. The van der Waals surface area contributed by atoms with Gasteiger partial charge in [-0.05, 0) is 41.5 Å². The summed E-state index contributed by atoms with van der Waals surface area (Å²) in [6.45, 7) is 7.56. The number of hydrogen-bond acceptors (Lipinski definition) is 3. The van der Waals surface area contributed by atoms with Crippen molar-refractivity contribution in [2.45, 2.75) is 65.8 Å². The minimum absolute atomic E-state index is 0.320. The maximum absolute atomic E-state index is 11.5. The van der Waals surface area contributed by atoms with Crippen molar-refractivity contribution >= 4 is 5.97 Å². The lowest BCUT2D eigenvalue weighted by Gasteiger charge is -2.08. The van der Waals surface area contributed by atoms with Crippen LogP contribution in [0.3, 0.4) is 0 Å². The molecule has 31 heavy (non-hydrogen) atoms. The lowest BCUT2D eigenvalue weighted by molar-refractivity contribution is 0.0697. The standard InChI is InChI=1S/C26H33N3O2/c1-4-5-8-17-29-25(27-24(28-29)16-11-19(2)3)18-20-12-14-21(15-13-20)22-9-6-7-10-23(22)26(30)31/h6-7,9-10,12-15,19H,4-5,8,11,16-18H2,1-3H3,(H,30,31). The largest absolute Gasteiger partial charge is 0.478 e. The molecule has 0 aliphatic heterocycles. The molecule has 0 spiro atoms. The Balaban J connectivity index is 1.79. The third-order valence-electron chi connectivity index (χ3n) is 5.50. The van der Waals surface area contributed by atoms with Crippen molar-refractivity contribution in [3.05, 3.63) is 71.3 Å². The molecule has 0 amide bonds. The zero-order chi connectivity index (χ0) is 22.2.